The molecule has 2 aliphatic heterocycles. The summed E-state index contributed by atoms with van der Waals surface area (Å²) in [6, 6.07) is 14.2. The van der Waals surface area contributed by atoms with Gasteiger partial charge in [0, 0.05) is 17.5 Å². The lowest BCUT2D eigenvalue weighted by Gasteiger charge is -2.46. The molecule has 2 aromatic rings. The van der Waals surface area contributed by atoms with Gasteiger partial charge in [-0.1, -0.05) is 24.3 Å². The number of benzene rings is 2. The zero-order valence-corrected chi connectivity index (χ0v) is 15.8. The molecule has 2 amide bonds. The summed E-state index contributed by atoms with van der Waals surface area (Å²) in [7, 11) is 0. The fourth-order valence-corrected chi connectivity index (χ4v) is 5.04. The number of phenols is 1. The lowest BCUT2D eigenvalue weighted by molar-refractivity contribution is -0.124. The number of amides is 2. The van der Waals surface area contributed by atoms with E-state index >= 15 is 0 Å². The highest BCUT2D eigenvalue weighted by molar-refractivity contribution is 6.23. The summed E-state index contributed by atoms with van der Waals surface area (Å²) in [4.78, 5) is 27.9. The molecule has 2 aromatic carbocycles. The van der Waals surface area contributed by atoms with Crippen molar-refractivity contribution >= 4 is 23.1 Å². The Kier molecular flexibility index (Phi) is 3.48. The highest BCUT2D eigenvalue weighted by Crippen LogP contribution is 2.55. The first-order chi connectivity index (χ1) is 13.4. The topological polar surface area (TPSA) is 66.8 Å². The second-order valence-electron chi connectivity index (χ2n) is 8.24. The van der Waals surface area contributed by atoms with Gasteiger partial charge in [-0.2, -0.15) is 0 Å². The highest BCUT2D eigenvalue weighted by Gasteiger charge is 2.59. The van der Waals surface area contributed by atoms with E-state index in [2.05, 4.69) is 6.08 Å². The summed E-state index contributed by atoms with van der Waals surface area (Å²) in [6.07, 6.45) is 2.60. The first kappa shape index (κ1) is 17.0. The van der Waals surface area contributed by atoms with Crippen LogP contribution in [-0.4, -0.2) is 22.5 Å². The Bertz CT molecular complexity index is 1020. The van der Waals surface area contributed by atoms with Crippen LogP contribution in [0.2, 0.25) is 0 Å². The van der Waals surface area contributed by atoms with Crippen LogP contribution in [0.25, 0.3) is 5.57 Å². The van der Waals surface area contributed by atoms with E-state index in [1.54, 1.807) is 24.3 Å². The minimum atomic E-state index is -0.682. The van der Waals surface area contributed by atoms with Crippen LogP contribution in [0, 0.1) is 17.8 Å². The van der Waals surface area contributed by atoms with Gasteiger partial charge in [0.2, 0.25) is 11.8 Å². The molecule has 2 heterocycles. The summed E-state index contributed by atoms with van der Waals surface area (Å²) in [5.41, 5.74) is 1.86. The maximum absolute atomic E-state index is 13.4. The second-order valence-corrected chi connectivity index (χ2v) is 8.24. The number of phenolic OH excluding ortho intramolecular Hbond substituents is 1. The maximum atomic E-state index is 13.4. The Morgan fingerprint density at radius 1 is 1.07 bits per heavy atom. The molecular weight excluding hydrogens is 354 g/mol. The number of aromatic hydroxyl groups is 1. The number of anilines is 1. The van der Waals surface area contributed by atoms with Crippen LogP contribution in [0.4, 0.5) is 5.69 Å². The van der Waals surface area contributed by atoms with Crippen molar-refractivity contribution in [3.8, 4) is 11.5 Å². The normalized spacial score (nSPS) is 27.4. The van der Waals surface area contributed by atoms with Gasteiger partial charge in [-0.3, -0.25) is 14.5 Å². The fraction of sp³-hybridized carbons (Fsp3) is 0.304. The maximum Gasteiger partial charge on any atom is 0.238 e. The van der Waals surface area contributed by atoms with Crippen LogP contribution in [0.1, 0.15) is 25.8 Å². The lowest BCUT2D eigenvalue weighted by Crippen LogP contribution is -2.49. The van der Waals surface area contributed by atoms with Crippen molar-refractivity contribution in [3.05, 3.63) is 60.2 Å². The Morgan fingerprint density at radius 2 is 1.82 bits per heavy atom. The molecule has 3 atom stereocenters. The zero-order valence-electron chi connectivity index (χ0n) is 15.8. The van der Waals surface area contributed by atoms with Crippen molar-refractivity contribution in [2.75, 3.05) is 4.90 Å². The Hall–Kier alpha value is -3.08. The summed E-state index contributed by atoms with van der Waals surface area (Å²) in [6.45, 7) is 3.90. The van der Waals surface area contributed by atoms with Gasteiger partial charge in [0.1, 0.15) is 17.1 Å². The predicted molar refractivity (Wildman–Crippen MR) is 105 cm³/mol. The van der Waals surface area contributed by atoms with E-state index in [1.165, 1.54) is 4.90 Å². The smallest absolute Gasteiger partial charge is 0.238 e. The molecule has 1 N–H and O–H groups in total. The van der Waals surface area contributed by atoms with Crippen LogP contribution >= 0.6 is 0 Å². The molecule has 142 valence electrons. The third kappa shape index (κ3) is 2.25. The van der Waals surface area contributed by atoms with E-state index in [-0.39, 0.29) is 29.4 Å². The zero-order chi connectivity index (χ0) is 19.6. The molecule has 5 heteroatoms. The van der Waals surface area contributed by atoms with Crippen molar-refractivity contribution in [3.63, 3.8) is 0 Å². The SMILES string of the molecule is CC1(C)Oc2cc(O)ccc2C2=CC[C@@H]3C(=O)N(c4ccccc4)C(=O)[C@@H]3[C@@H]21. The minimum absolute atomic E-state index is 0.135. The molecule has 0 unspecified atom stereocenters. The van der Waals surface area contributed by atoms with Crippen molar-refractivity contribution in [2.24, 2.45) is 17.8 Å². The monoisotopic (exact) mass is 375 g/mol. The largest absolute Gasteiger partial charge is 0.508 e. The molecule has 1 aliphatic carbocycles. The van der Waals surface area contributed by atoms with Crippen LogP contribution in [-0.2, 0) is 9.59 Å². The average molecular weight is 375 g/mol. The number of hydrogen-bond acceptors (Lipinski definition) is 4. The molecule has 3 aliphatic rings. The molecule has 5 rings (SSSR count). The number of para-hydroxylation sites is 1. The van der Waals surface area contributed by atoms with Gasteiger partial charge >= 0.3 is 0 Å². The quantitative estimate of drug-likeness (QED) is 0.771. The number of carbonyl (C=O) groups is 2. The Balaban J connectivity index is 1.62. The predicted octanol–water partition coefficient (Wildman–Crippen LogP) is 3.77. The standard InChI is InChI=1S/C23H21NO4/c1-23(2)20-16(15-9-8-14(25)12-18(15)28-23)10-11-17-19(20)22(27)24(21(17)26)13-6-4-3-5-7-13/h3-10,12,17,19-20,25H,11H2,1-2H3/t17-,19-,20+/m0/s1. The molecule has 0 spiro atoms. The molecular formula is C23H21NO4. The van der Waals surface area contributed by atoms with Crippen molar-refractivity contribution in [2.45, 2.75) is 25.9 Å². The third-order valence-electron chi connectivity index (χ3n) is 6.18. The molecule has 0 bridgehead atoms. The van der Waals surface area contributed by atoms with Crippen LogP contribution in [0.3, 0.4) is 0 Å². The van der Waals surface area contributed by atoms with E-state index < -0.39 is 11.5 Å². The van der Waals surface area contributed by atoms with E-state index in [0.29, 0.717) is 17.9 Å². The van der Waals surface area contributed by atoms with Crippen molar-refractivity contribution < 1.29 is 19.4 Å². The Labute approximate surface area is 163 Å². The van der Waals surface area contributed by atoms with Crippen LogP contribution in [0.15, 0.2) is 54.6 Å². The number of allylic oxidation sites excluding steroid dienone is 1. The number of hydrogen-bond donors (Lipinski definition) is 1. The molecule has 0 aromatic heterocycles. The van der Waals surface area contributed by atoms with E-state index in [1.807, 2.05) is 38.1 Å². The highest BCUT2D eigenvalue weighted by atomic mass is 16.5. The van der Waals surface area contributed by atoms with Gasteiger partial charge in [0.05, 0.1) is 17.5 Å². The van der Waals surface area contributed by atoms with E-state index in [9.17, 15) is 14.7 Å². The van der Waals surface area contributed by atoms with Gasteiger partial charge in [0.15, 0.2) is 0 Å². The van der Waals surface area contributed by atoms with Gasteiger partial charge in [-0.05, 0) is 50.1 Å². The lowest BCUT2D eigenvalue weighted by atomic mass is 9.64. The third-order valence-corrected chi connectivity index (χ3v) is 6.18. The minimum Gasteiger partial charge on any atom is -0.508 e. The van der Waals surface area contributed by atoms with Crippen molar-refractivity contribution in [1.82, 2.24) is 0 Å². The van der Waals surface area contributed by atoms with Crippen molar-refractivity contribution in [1.29, 1.82) is 0 Å². The number of ether oxygens (including phenoxy) is 1. The first-order valence-electron chi connectivity index (χ1n) is 9.54. The Morgan fingerprint density at radius 3 is 2.57 bits per heavy atom. The van der Waals surface area contributed by atoms with E-state index in [0.717, 1.165) is 11.1 Å². The van der Waals surface area contributed by atoms with Crippen LogP contribution < -0.4 is 9.64 Å². The van der Waals surface area contributed by atoms with Gasteiger partial charge in [-0.25, -0.2) is 0 Å². The fourth-order valence-electron chi connectivity index (χ4n) is 5.04. The molecule has 28 heavy (non-hydrogen) atoms. The first-order valence-corrected chi connectivity index (χ1v) is 9.54. The number of carbonyl (C=O) groups excluding carboxylic acids is 2. The van der Waals surface area contributed by atoms with E-state index in [4.69, 9.17) is 4.74 Å². The summed E-state index contributed by atoms with van der Waals surface area (Å²) >= 11 is 0. The van der Waals surface area contributed by atoms with Crippen LogP contribution in [0.5, 0.6) is 11.5 Å². The van der Waals surface area contributed by atoms with Gasteiger partial charge < -0.3 is 9.84 Å². The number of fused-ring (bicyclic) bond motifs is 5. The molecule has 1 fully saturated rings. The number of rotatable bonds is 1. The summed E-state index contributed by atoms with van der Waals surface area (Å²) < 4.78 is 6.22. The second kappa shape index (κ2) is 5.71. The van der Waals surface area contributed by atoms with Gasteiger partial charge in [0.25, 0.3) is 0 Å². The summed E-state index contributed by atoms with van der Waals surface area (Å²) in [5.74, 6) is -0.590. The number of nitrogens with zero attached hydrogens (tertiary/aromatic N) is 1. The molecule has 5 nitrogen and oxygen atoms in total. The molecule has 0 radical (unpaired) electrons. The summed E-state index contributed by atoms with van der Waals surface area (Å²) in [5, 5.41) is 9.84. The number of imide groups is 1. The molecule has 1 saturated heterocycles. The van der Waals surface area contributed by atoms with Gasteiger partial charge in [-0.15, -0.1) is 0 Å². The average Bonchev–Trinajstić information content (AvgIpc) is 2.92. The molecule has 0 saturated carbocycles.